The summed E-state index contributed by atoms with van der Waals surface area (Å²) in [7, 11) is 0. The molecular formula is C14H14N2O. The van der Waals surface area contributed by atoms with Crippen molar-refractivity contribution in [3.63, 3.8) is 0 Å². The molecule has 1 aromatic carbocycles. The summed E-state index contributed by atoms with van der Waals surface area (Å²) in [5.41, 5.74) is 1.67. The summed E-state index contributed by atoms with van der Waals surface area (Å²) in [5.74, 6) is -0.102. The molecule has 1 aromatic heterocycles. The lowest BCUT2D eigenvalue weighted by Crippen LogP contribution is -2.26. The van der Waals surface area contributed by atoms with Gasteiger partial charge in [-0.2, -0.15) is 0 Å². The number of rotatable bonds is 3. The number of carbonyl (C=O) groups is 1. The summed E-state index contributed by atoms with van der Waals surface area (Å²) in [5, 5.41) is 2.93. The van der Waals surface area contributed by atoms with Crippen LogP contribution in [0.5, 0.6) is 0 Å². The van der Waals surface area contributed by atoms with Crippen LogP contribution in [0.4, 0.5) is 0 Å². The first-order chi connectivity index (χ1) is 8.27. The maximum atomic E-state index is 11.9. The second-order valence-electron chi connectivity index (χ2n) is 3.85. The normalized spacial score (nSPS) is 11.8. The molecule has 2 aromatic rings. The van der Waals surface area contributed by atoms with Gasteiger partial charge in [0.2, 0.25) is 0 Å². The smallest absolute Gasteiger partial charge is 0.253 e. The van der Waals surface area contributed by atoms with E-state index in [1.165, 1.54) is 0 Å². The maximum absolute atomic E-state index is 11.9. The zero-order valence-corrected chi connectivity index (χ0v) is 9.63. The predicted octanol–water partition coefficient (Wildman–Crippen LogP) is 2.57. The third kappa shape index (κ3) is 2.91. The summed E-state index contributed by atoms with van der Waals surface area (Å²) in [6.45, 7) is 1.96. The number of nitrogens with zero attached hydrogens (tertiary/aromatic N) is 1. The van der Waals surface area contributed by atoms with Crippen LogP contribution in [0.3, 0.4) is 0 Å². The molecule has 0 saturated heterocycles. The lowest BCUT2D eigenvalue weighted by Gasteiger charge is -2.13. The van der Waals surface area contributed by atoms with Gasteiger partial charge < -0.3 is 5.32 Å². The van der Waals surface area contributed by atoms with Crippen LogP contribution in [0.25, 0.3) is 0 Å². The van der Waals surface area contributed by atoms with Crippen molar-refractivity contribution in [1.82, 2.24) is 10.3 Å². The van der Waals surface area contributed by atoms with Crippen molar-refractivity contribution in [2.75, 3.05) is 0 Å². The molecule has 0 aliphatic rings. The molecule has 0 bridgehead atoms. The fourth-order valence-electron chi connectivity index (χ4n) is 1.60. The van der Waals surface area contributed by atoms with Crippen LogP contribution in [-0.2, 0) is 0 Å². The number of amides is 1. The first-order valence-electron chi connectivity index (χ1n) is 5.53. The first-order valence-corrected chi connectivity index (χ1v) is 5.53. The molecule has 3 heteroatoms. The number of hydrogen-bond donors (Lipinski definition) is 1. The fraction of sp³-hybridized carbons (Fsp3) is 0.143. The zero-order chi connectivity index (χ0) is 12.1. The minimum Gasteiger partial charge on any atom is -0.345 e. The molecule has 0 aliphatic heterocycles. The monoisotopic (exact) mass is 226 g/mol. The third-order valence-electron chi connectivity index (χ3n) is 2.57. The first kappa shape index (κ1) is 11.3. The molecule has 17 heavy (non-hydrogen) atoms. The Bertz CT molecular complexity index is 482. The molecule has 1 heterocycles. The second kappa shape index (κ2) is 5.25. The highest BCUT2D eigenvalue weighted by Gasteiger charge is 2.10. The molecule has 0 spiro atoms. The average molecular weight is 226 g/mol. The summed E-state index contributed by atoms with van der Waals surface area (Å²) in [6, 6.07) is 13.4. The minimum atomic E-state index is -0.102. The Morgan fingerprint density at radius 3 is 2.59 bits per heavy atom. The van der Waals surface area contributed by atoms with Crippen molar-refractivity contribution in [1.29, 1.82) is 0 Å². The van der Waals surface area contributed by atoms with E-state index in [0.29, 0.717) is 5.56 Å². The van der Waals surface area contributed by atoms with Gasteiger partial charge in [0, 0.05) is 12.4 Å². The maximum Gasteiger partial charge on any atom is 0.253 e. The van der Waals surface area contributed by atoms with Crippen molar-refractivity contribution in [2.45, 2.75) is 13.0 Å². The van der Waals surface area contributed by atoms with Gasteiger partial charge in [-0.25, -0.2) is 0 Å². The van der Waals surface area contributed by atoms with Crippen LogP contribution >= 0.6 is 0 Å². The third-order valence-corrected chi connectivity index (χ3v) is 2.57. The number of pyridine rings is 1. The van der Waals surface area contributed by atoms with Crippen LogP contribution in [-0.4, -0.2) is 10.9 Å². The van der Waals surface area contributed by atoms with E-state index in [1.807, 2.05) is 37.3 Å². The van der Waals surface area contributed by atoms with Gasteiger partial charge in [0.25, 0.3) is 5.91 Å². The van der Waals surface area contributed by atoms with Gasteiger partial charge in [0.05, 0.1) is 11.6 Å². The zero-order valence-electron chi connectivity index (χ0n) is 9.63. The highest BCUT2D eigenvalue weighted by molar-refractivity contribution is 5.94. The van der Waals surface area contributed by atoms with Gasteiger partial charge in [-0.05, 0) is 24.6 Å². The van der Waals surface area contributed by atoms with Crippen LogP contribution in [0, 0.1) is 0 Å². The Kier molecular flexibility index (Phi) is 3.50. The number of aromatic nitrogens is 1. The number of hydrogen-bond acceptors (Lipinski definition) is 2. The van der Waals surface area contributed by atoms with Gasteiger partial charge in [0.1, 0.15) is 0 Å². The van der Waals surface area contributed by atoms with Crippen molar-refractivity contribution >= 4 is 5.91 Å². The van der Waals surface area contributed by atoms with Gasteiger partial charge in [-0.1, -0.05) is 30.3 Å². The van der Waals surface area contributed by atoms with Crippen molar-refractivity contribution in [3.05, 3.63) is 66.0 Å². The van der Waals surface area contributed by atoms with Crippen molar-refractivity contribution in [3.8, 4) is 0 Å². The van der Waals surface area contributed by atoms with E-state index in [9.17, 15) is 4.79 Å². The van der Waals surface area contributed by atoms with Crippen LogP contribution in [0.15, 0.2) is 54.9 Å². The average Bonchev–Trinajstić information content (AvgIpc) is 2.40. The minimum absolute atomic E-state index is 0.0103. The Morgan fingerprint density at radius 2 is 1.94 bits per heavy atom. The summed E-state index contributed by atoms with van der Waals surface area (Å²) < 4.78 is 0. The van der Waals surface area contributed by atoms with E-state index >= 15 is 0 Å². The topological polar surface area (TPSA) is 42.0 Å². The highest BCUT2D eigenvalue weighted by Crippen LogP contribution is 2.11. The SMILES string of the molecule is C[C@H](NC(=O)c1cccnc1)c1ccccc1. The Hall–Kier alpha value is -2.16. The second-order valence-corrected chi connectivity index (χ2v) is 3.85. The van der Waals surface area contributed by atoms with Crippen LogP contribution < -0.4 is 5.32 Å². The molecule has 0 aliphatic carbocycles. The number of carbonyl (C=O) groups excluding carboxylic acids is 1. The Balaban J connectivity index is 2.05. The largest absolute Gasteiger partial charge is 0.345 e. The van der Waals surface area contributed by atoms with E-state index in [1.54, 1.807) is 24.5 Å². The molecule has 0 radical (unpaired) electrons. The fourth-order valence-corrected chi connectivity index (χ4v) is 1.60. The molecule has 3 nitrogen and oxygen atoms in total. The summed E-state index contributed by atoms with van der Waals surface area (Å²) >= 11 is 0. The van der Waals surface area contributed by atoms with E-state index in [0.717, 1.165) is 5.56 Å². The van der Waals surface area contributed by atoms with Gasteiger partial charge in [0.15, 0.2) is 0 Å². The van der Waals surface area contributed by atoms with Crippen molar-refractivity contribution < 1.29 is 4.79 Å². The lowest BCUT2D eigenvalue weighted by molar-refractivity contribution is 0.0939. The van der Waals surface area contributed by atoms with Gasteiger partial charge >= 0.3 is 0 Å². The summed E-state index contributed by atoms with van der Waals surface area (Å²) in [4.78, 5) is 15.8. The predicted molar refractivity (Wildman–Crippen MR) is 66.6 cm³/mol. The summed E-state index contributed by atoms with van der Waals surface area (Å²) in [6.07, 6.45) is 3.21. The molecule has 0 unspecified atom stereocenters. The van der Waals surface area contributed by atoms with Gasteiger partial charge in [-0.3, -0.25) is 9.78 Å². The number of nitrogens with one attached hydrogen (secondary N) is 1. The molecule has 0 saturated carbocycles. The molecule has 86 valence electrons. The molecular weight excluding hydrogens is 212 g/mol. The Labute approximate surface area is 101 Å². The standard InChI is InChI=1S/C14H14N2O/c1-11(12-6-3-2-4-7-12)16-14(17)13-8-5-9-15-10-13/h2-11H,1H3,(H,16,17)/t11-/m0/s1. The Morgan fingerprint density at radius 1 is 1.18 bits per heavy atom. The van der Waals surface area contributed by atoms with Gasteiger partial charge in [-0.15, -0.1) is 0 Å². The molecule has 1 atom stereocenters. The number of benzene rings is 1. The lowest BCUT2D eigenvalue weighted by atomic mass is 10.1. The molecule has 1 N–H and O–H groups in total. The molecule has 1 amide bonds. The van der Waals surface area contributed by atoms with E-state index in [2.05, 4.69) is 10.3 Å². The molecule has 2 rings (SSSR count). The van der Waals surface area contributed by atoms with Crippen LogP contribution in [0.1, 0.15) is 28.9 Å². The van der Waals surface area contributed by atoms with E-state index < -0.39 is 0 Å². The quantitative estimate of drug-likeness (QED) is 0.874. The van der Waals surface area contributed by atoms with Crippen molar-refractivity contribution in [2.24, 2.45) is 0 Å². The molecule has 0 fully saturated rings. The van der Waals surface area contributed by atoms with Crippen LogP contribution in [0.2, 0.25) is 0 Å². The highest BCUT2D eigenvalue weighted by atomic mass is 16.1. The van der Waals surface area contributed by atoms with E-state index in [4.69, 9.17) is 0 Å². The van der Waals surface area contributed by atoms with E-state index in [-0.39, 0.29) is 11.9 Å².